The molecule has 0 aliphatic rings. The number of rotatable bonds is 49. The van der Waals surface area contributed by atoms with E-state index in [4.69, 9.17) is 14.2 Å². The average molecular weight is 968 g/mol. The number of carbonyl (C=O) groups is 3. The Balaban J connectivity index is 4.31. The van der Waals surface area contributed by atoms with Gasteiger partial charge in [0.1, 0.15) is 13.2 Å². The van der Waals surface area contributed by atoms with Crippen molar-refractivity contribution in [2.24, 2.45) is 0 Å². The van der Waals surface area contributed by atoms with E-state index >= 15 is 0 Å². The van der Waals surface area contributed by atoms with Crippen molar-refractivity contribution in [3.63, 3.8) is 0 Å². The summed E-state index contributed by atoms with van der Waals surface area (Å²) in [5, 5.41) is 0. The van der Waals surface area contributed by atoms with Crippen molar-refractivity contribution in [1.82, 2.24) is 0 Å². The second kappa shape index (κ2) is 57.1. The van der Waals surface area contributed by atoms with Gasteiger partial charge in [-0.15, -0.1) is 0 Å². The maximum Gasteiger partial charge on any atom is 0.306 e. The van der Waals surface area contributed by atoms with Gasteiger partial charge >= 0.3 is 17.9 Å². The number of carbonyl (C=O) groups excluding carboxylic acids is 3. The van der Waals surface area contributed by atoms with Gasteiger partial charge in [0.25, 0.3) is 0 Å². The van der Waals surface area contributed by atoms with Gasteiger partial charge in [-0.1, -0.05) is 225 Å². The predicted octanol–water partition coefficient (Wildman–Crippen LogP) is 19.0. The van der Waals surface area contributed by atoms with Gasteiger partial charge in [0.2, 0.25) is 0 Å². The van der Waals surface area contributed by atoms with Crippen molar-refractivity contribution >= 4 is 17.9 Å². The molecule has 0 aromatic rings. The largest absolute Gasteiger partial charge is 0.462 e. The fourth-order valence-corrected chi connectivity index (χ4v) is 7.17. The molecule has 0 saturated carbocycles. The third-order valence-electron chi connectivity index (χ3n) is 11.4. The van der Waals surface area contributed by atoms with Gasteiger partial charge in [-0.25, -0.2) is 0 Å². The van der Waals surface area contributed by atoms with Crippen LogP contribution in [-0.4, -0.2) is 37.2 Å². The smallest absolute Gasteiger partial charge is 0.306 e. The van der Waals surface area contributed by atoms with Crippen molar-refractivity contribution in [1.29, 1.82) is 0 Å². The van der Waals surface area contributed by atoms with Gasteiger partial charge in [0.05, 0.1) is 0 Å². The Hall–Kier alpha value is -4.45. The van der Waals surface area contributed by atoms with E-state index in [0.717, 1.165) is 128 Å². The van der Waals surface area contributed by atoms with Crippen LogP contribution in [0.1, 0.15) is 233 Å². The summed E-state index contributed by atoms with van der Waals surface area (Å²) in [5.74, 6) is -0.977. The number of hydrogen-bond acceptors (Lipinski definition) is 6. The molecular formula is C64H102O6. The average Bonchev–Trinajstić information content (AvgIpc) is 3.36. The van der Waals surface area contributed by atoms with Crippen LogP contribution in [0.25, 0.3) is 0 Å². The van der Waals surface area contributed by atoms with Gasteiger partial charge < -0.3 is 14.2 Å². The summed E-state index contributed by atoms with van der Waals surface area (Å²) in [5.41, 5.74) is 0. The van der Waals surface area contributed by atoms with Crippen LogP contribution in [0.2, 0.25) is 0 Å². The fourth-order valence-electron chi connectivity index (χ4n) is 7.17. The van der Waals surface area contributed by atoms with Gasteiger partial charge in [0.15, 0.2) is 6.10 Å². The Bertz CT molecular complexity index is 1530. The summed E-state index contributed by atoms with van der Waals surface area (Å²) in [6, 6.07) is 0. The highest BCUT2D eigenvalue weighted by molar-refractivity contribution is 5.71. The lowest BCUT2D eigenvalue weighted by molar-refractivity contribution is -0.167. The van der Waals surface area contributed by atoms with E-state index in [2.05, 4.69) is 154 Å². The van der Waals surface area contributed by atoms with Crippen molar-refractivity contribution in [3.05, 3.63) is 134 Å². The lowest BCUT2D eigenvalue weighted by atomic mass is 10.1. The minimum Gasteiger partial charge on any atom is -0.462 e. The molecule has 0 aliphatic carbocycles. The lowest BCUT2D eigenvalue weighted by Gasteiger charge is -2.18. The third-order valence-corrected chi connectivity index (χ3v) is 11.4. The van der Waals surface area contributed by atoms with E-state index in [0.29, 0.717) is 25.7 Å². The van der Waals surface area contributed by atoms with E-state index in [-0.39, 0.29) is 31.1 Å². The van der Waals surface area contributed by atoms with Gasteiger partial charge in [-0.05, 0) is 122 Å². The summed E-state index contributed by atoms with van der Waals surface area (Å²) in [6.07, 6.45) is 80.4. The molecule has 0 amide bonds. The highest BCUT2D eigenvalue weighted by atomic mass is 16.6. The molecule has 0 N–H and O–H groups in total. The van der Waals surface area contributed by atoms with Crippen LogP contribution in [0.3, 0.4) is 0 Å². The van der Waals surface area contributed by atoms with Crippen LogP contribution in [0.15, 0.2) is 134 Å². The number of allylic oxidation sites excluding steroid dienone is 22. The predicted molar refractivity (Wildman–Crippen MR) is 302 cm³/mol. The van der Waals surface area contributed by atoms with E-state index < -0.39 is 6.10 Å². The molecule has 0 saturated heterocycles. The first-order chi connectivity index (χ1) is 34.5. The molecule has 0 aromatic carbocycles. The van der Waals surface area contributed by atoms with E-state index in [1.165, 1.54) is 57.8 Å². The minimum atomic E-state index is -0.805. The minimum absolute atomic E-state index is 0.102. The first kappa shape index (κ1) is 65.5. The normalized spacial score (nSPS) is 13.1. The molecule has 6 heteroatoms. The van der Waals surface area contributed by atoms with Crippen molar-refractivity contribution in [3.8, 4) is 0 Å². The van der Waals surface area contributed by atoms with Crippen LogP contribution >= 0.6 is 0 Å². The molecule has 0 rings (SSSR count). The molecule has 0 heterocycles. The van der Waals surface area contributed by atoms with Crippen LogP contribution in [0, 0.1) is 0 Å². The Morgan fingerprint density at radius 3 is 0.929 bits per heavy atom. The fraction of sp³-hybridized carbons (Fsp3) is 0.609. The molecule has 394 valence electrons. The Morgan fingerprint density at radius 2 is 0.557 bits per heavy atom. The SMILES string of the molecule is CC/C=C\C/C=C\C/C=C\C/C=C\C/C=C\C/C=C\C/C=C\C/C=C\CCCCC(=O)OCC(COC(=O)CCCCCCCC)OC(=O)CCCCCCCC/C=C\C/C=C\C/C=C\CCCCC. The summed E-state index contributed by atoms with van der Waals surface area (Å²) in [6.45, 7) is 6.37. The van der Waals surface area contributed by atoms with Crippen molar-refractivity contribution < 1.29 is 28.6 Å². The lowest BCUT2D eigenvalue weighted by Crippen LogP contribution is -2.30. The molecular weight excluding hydrogens is 865 g/mol. The zero-order chi connectivity index (χ0) is 50.7. The van der Waals surface area contributed by atoms with Crippen molar-refractivity contribution in [2.75, 3.05) is 13.2 Å². The van der Waals surface area contributed by atoms with Gasteiger partial charge in [-0.2, -0.15) is 0 Å². The van der Waals surface area contributed by atoms with Crippen molar-refractivity contribution in [2.45, 2.75) is 239 Å². The monoisotopic (exact) mass is 967 g/mol. The zero-order valence-corrected chi connectivity index (χ0v) is 45.0. The molecule has 1 unspecified atom stereocenters. The topological polar surface area (TPSA) is 78.9 Å². The van der Waals surface area contributed by atoms with E-state index in [9.17, 15) is 14.4 Å². The van der Waals surface area contributed by atoms with Crippen LogP contribution < -0.4 is 0 Å². The second-order valence-corrected chi connectivity index (χ2v) is 18.1. The summed E-state index contributed by atoms with van der Waals surface area (Å²) in [7, 11) is 0. The molecule has 6 nitrogen and oxygen atoms in total. The van der Waals surface area contributed by atoms with E-state index in [1.54, 1.807) is 0 Å². The standard InChI is InChI=1S/C64H102O6/c1-4-7-10-13-16-18-20-22-24-26-28-29-30-31-32-33-34-35-37-38-40-42-44-46-48-51-54-57-63(66)69-60-61(59-68-62(65)56-53-50-15-12-9-6-3)70-64(67)58-55-52-49-47-45-43-41-39-36-27-25-23-21-19-17-14-11-8-5-2/h7,10,16-19,22-25,28-29,31-32,34-36,38-40,44,46,61H,4-6,8-9,11-15,20-21,26-27,30,33,37,41-43,45,47-60H2,1-3H3/b10-7-,18-16-,19-17-,24-22-,25-23-,29-28-,32-31-,35-34-,39-36-,40-38-,46-44-. The summed E-state index contributed by atoms with van der Waals surface area (Å²) >= 11 is 0. The number of unbranched alkanes of at least 4 members (excludes halogenated alkanes) is 16. The quantitative estimate of drug-likeness (QED) is 0.0262. The highest BCUT2D eigenvalue weighted by Crippen LogP contribution is 2.13. The van der Waals surface area contributed by atoms with E-state index in [1.807, 2.05) is 0 Å². The Kier molecular flexibility index (Phi) is 53.5. The summed E-state index contributed by atoms with van der Waals surface area (Å²) in [4.78, 5) is 37.8. The highest BCUT2D eigenvalue weighted by Gasteiger charge is 2.19. The Labute approximate surface area is 430 Å². The van der Waals surface area contributed by atoms with Crippen LogP contribution in [-0.2, 0) is 28.6 Å². The molecule has 0 fully saturated rings. The molecule has 0 spiro atoms. The molecule has 70 heavy (non-hydrogen) atoms. The first-order valence-electron chi connectivity index (χ1n) is 28.2. The molecule has 1 atom stereocenters. The third kappa shape index (κ3) is 54.5. The first-order valence-corrected chi connectivity index (χ1v) is 28.2. The molecule has 0 bridgehead atoms. The molecule has 0 aliphatic heterocycles. The second-order valence-electron chi connectivity index (χ2n) is 18.1. The number of hydrogen-bond donors (Lipinski definition) is 0. The Morgan fingerprint density at radius 1 is 0.300 bits per heavy atom. The molecule has 0 radical (unpaired) electrons. The van der Waals surface area contributed by atoms with Crippen LogP contribution in [0.5, 0.6) is 0 Å². The number of ether oxygens (including phenoxy) is 3. The molecule has 0 aromatic heterocycles. The summed E-state index contributed by atoms with van der Waals surface area (Å²) < 4.78 is 16.7. The maximum absolute atomic E-state index is 12.8. The maximum atomic E-state index is 12.8. The van der Waals surface area contributed by atoms with Gasteiger partial charge in [0, 0.05) is 19.3 Å². The number of esters is 3. The zero-order valence-electron chi connectivity index (χ0n) is 45.0. The van der Waals surface area contributed by atoms with Crippen LogP contribution in [0.4, 0.5) is 0 Å². The van der Waals surface area contributed by atoms with Gasteiger partial charge in [-0.3, -0.25) is 14.4 Å².